The molecule has 0 bridgehead atoms. The number of nitriles is 1. The zero-order valence-corrected chi connectivity index (χ0v) is 17.3. The minimum absolute atomic E-state index is 0.166. The molecule has 0 saturated heterocycles. The van der Waals surface area contributed by atoms with Gasteiger partial charge in [0, 0.05) is 12.8 Å². The van der Waals surface area contributed by atoms with Gasteiger partial charge >= 0.3 is 0 Å². The Morgan fingerprint density at radius 1 is 0.812 bits per heavy atom. The molecule has 5 rings (SSSR count). The fraction of sp³-hybridized carbons (Fsp3) is 0.179. The summed E-state index contributed by atoms with van der Waals surface area (Å²) in [6.45, 7) is 0. The lowest BCUT2D eigenvalue weighted by Crippen LogP contribution is -2.34. The summed E-state index contributed by atoms with van der Waals surface area (Å²) in [5.74, 6) is -1.99. The van der Waals surface area contributed by atoms with Gasteiger partial charge in [0.2, 0.25) is 5.92 Å². The van der Waals surface area contributed by atoms with E-state index < -0.39 is 11.8 Å². The fourth-order valence-electron chi connectivity index (χ4n) is 4.44. The Balaban J connectivity index is 1.50. The van der Waals surface area contributed by atoms with Gasteiger partial charge in [0.1, 0.15) is 11.5 Å². The highest BCUT2D eigenvalue weighted by Crippen LogP contribution is 2.50. The molecule has 4 heteroatoms. The van der Waals surface area contributed by atoms with Crippen LogP contribution in [0.25, 0.3) is 10.8 Å². The van der Waals surface area contributed by atoms with Crippen molar-refractivity contribution in [1.82, 2.24) is 0 Å². The molecule has 0 heterocycles. The molecule has 1 unspecified atom stereocenters. The molecule has 2 nitrogen and oxygen atoms in total. The Morgan fingerprint density at radius 3 is 2.03 bits per heavy atom. The Morgan fingerprint density at radius 2 is 1.41 bits per heavy atom. The molecule has 0 amide bonds. The lowest BCUT2D eigenvalue weighted by atomic mass is 9.72. The van der Waals surface area contributed by atoms with Gasteiger partial charge in [-0.2, -0.15) is 5.26 Å². The van der Waals surface area contributed by atoms with Gasteiger partial charge in [-0.25, -0.2) is 8.78 Å². The second kappa shape index (κ2) is 8.09. The zero-order chi connectivity index (χ0) is 22.1. The van der Waals surface area contributed by atoms with Crippen LogP contribution >= 0.6 is 0 Å². The first-order valence-corrected chi connectivity index (χ1v) is 10.7. The molecule has 1 saturated carbocycles. The Labute approximate surface area is 185 Å². The minimum Gasteiger partial charge on any atom is -0.457 e. The Bertz CT molecular complexity index is 1280. The predicted molar refractivity (Wildman–Crippen MR) is 121 cm³/mol. The predicted octanol–water partition coefficient (Wildman–Crippen LogP) is 7.80. The number of halogens is 2. The number of hydrogen-bond acceptors (Lipinski definition) is 2. The first-order chi connectivity index (χ1) is 15.5. The second-order valence-electron chi connectivity index (χ2n) is 8.34. The van der Waals surface area contributed by atoms with Crippen LogP contribution in [0.5, 0.6) is 11.5 Å². The van der Waals surface area contributed by atoms with Gasteiger partial charge in [-0.1, -0.05) is 60.7 Å². The summed E-state index contributed by atoms with van der Waals surface area (Å²) in [7, 11) is 0. The number of fused-ring (bicyclic) bond motifs is 1. The van der Waals surface area contributed by atoms with Crippen LogP contribution in [0.4, 0.5) is 8.78 Å². The van der Waals surface area contributed by atoms with E-state index >= 15 is 0 Å². The minimum atomic E-state index is -2.62. The Kier molecular flexibility index (Phi) is 5.11. The monoisotopic (exact) mass is 425 g/mol. The second-order valence-corrected chi connectivity index (χ2v) is 8.34. The van der Waals surface area contributed by atoms with E-state index in [9.17, 15) is 14.0 Å². The molecule has 1 aliphatic carbocycles. The number of ether oxygens (including phenoxy) is 1. The maximum Gasteiger partial charge on any atom is 0.249 e. The molecule has 0 aromatic heterocycles. The number of alkyl halides is 2. The molecule has 4 aromatic rings. The molecule has 32 heavy (non-hydrogen) atoms. The van der Waals surface area contributed by atoms with E-state index in [1.165, 1.54) is 0 Å². The SMILES string of the molecule is N#CC(c1ccc(Oc2ccccc2)cc1)c1cc2ccccc2cc1C1CC(F)(F)C1. The molecular weight excluding hydrogens is 404 g/mol. The van der Waals surface area contributed by atoms with Gasteiger partial charge in [0.05, 0.1) is 12.0 Å². The molecular formula is C28H21F2NO. The van der Waals surface area contributed by atoms with Gasteiger partial charge in [-0.05, 0) is 63.7 Å². The van der Waals surface area contributed by atoms with Crippen molar-refractivity contribution in [2.45, 2.75) is 30.6 Å². The maximum absolute atomic E-state index is 13.7. The van der Waals surface area contributed by atoms with Gasteiger partial charge in [0.25, 0.3) is 0 Å². The number of hydrogen-bond donors (Lipinski definition) is 0. The van der Waals surface area contributed by atoms with Crippen LogP contribution in [0.3, 0.4) is 0 Å². The van der Waals surface area contributed by atoms with Gasteiger partial charge in [-0.3, -0.25) is 0 Å². The average Bonchev–Trinajstić information content (AvgIpc) is 2.79. The molecule has 0 aliphatic heterocycles. The largest absolute Gasteiger partial charge is 0.457 e. The van der Waals surface area contributed by atoms with Crippen molar-refractivity contribution >= 4 is 10.8 Å². The zero-order valence-electron chi connectivity index (χ0n) is 17.3. The number of benzene rings is 4. The molecule has 1 atom stereocenters. The Hall–Kier alpha value is -3.71. The van der Waals surface area contributed by atoms with E-state index in [4.69, 9.17) is 4.74 Å². The van der Waals surface area contributed by atoms with Crippen molar-refractivity contribution < 1.29 is 13.5 Å². The van der Waals surface area contributed by atoms with Crippen LogP contribution in [-0.2, 0) is 0 Å². The van der Waals surface area contributed by atoms with Crippen molar-refractivity contribution in [3.63, 3.8) is 0 Å². The molecule has 158 valence electrons. The highest BCUT2D eigenvalue weighted by atomic mass is 19.3. The lowest BCUT2D eigenvalue weighted by Gasteiger charge is -2.37. The van der Waals surface area contributed by atoms with Crippen LogP contribution < -0.4 is 4.74 Å². The van der Waals surface area contributed by atoms with Gasteiger partial charge < -0.3 is 4.74 Å². The van der Waals surface area contributed by atoms with Gasteiger partial charge in [0.15, 0.2) is 0 Å². The normalized spacial score (nSPS) is 16.2. The molecule has 0 radical (unpaired) electrons. The number of nitrogens with zero attached hydrogens (tertiary/aromatic N) is 1. The summed E-state index contributed by atoms with van der Waals surface area (Å²) in [5.41, 5.74) is 2.48. The van der Waals surface area contributed by atoms with E-state index in [0.29, 0.717) is 5.75 Å². The van der Waals surface area contributed by atoms with Crippen molar-refractivity contribution in [2.24, 2.45) is 0 Å². The summed E-state index contributed by atoms with van der Waals surface area (Å²) in [4.78, 5) is 0. The van der Waals surface area contributed by atoms with Crippen LogP contribution in [0.15, 0.2) is 91.0 Å². The molecule has 0 spiro atoms. The van der Waals surface area contributed by atoms with Gasteiger partial charge in [-0.15, -0.1) is 0 Å². The summed E-state index contributed by atoms with van der Waals surface area (Å²) < 4.78 is 33.2. The van der Waals surface area contributed by atoms with Crippen LogP contribution in [0.1, 0.15) is 41.4 Å². The van der Waals surface area contributed by atoms with E-state index in [-0.39, 0.29) is 18.8 Å². The molecule has 0 N–H and O–H groups in total. The third-order valence-electron chi connectivity index (χ3n) is 6.11. The molecule has 4 aromatic carbocycles. The maximum atomic E-state index is 13.7. The van der Waals surface area contributed by atoms with Crippen LogP contribution in [0.2, 0.25) is 0 Å². The summed E-state index contributed by atoms with van der Waals surface area (Å²) in [5, 5.41) is 12.1. The van der Waals surface area contributed by atoms with Crippen molar-refractivity contribution in [3.05, 3.63) is 108 Å². The van der Waals surface area contributed by atoms with E-state index in [0.717, 1.165) is 33.2 Å². The van der Waals surface area contributed by atoms with Crippen LogP contribution in [0, 0.1) is 11.3 Å². The first-order valence-electron chi connectivity index (χ1n) is 10.7. The standard InChI is InChI=1S/C28H21F2NO/c29-28(30)16-22(17-28)25-14-20-6-4-5-7-21(20)15-26(25)27(18-31)19-10-12-24(13-11-19)32-23-8-2-1-3-9-23/h1-15,22,27H,16-17H2. The van der Waals surface area contributed by atoms with E-state index in [1.54, 1.807) is 0 Å². The quantitative estimate of drug-likeness (QED) is 0.327. The first kappa shape index (κ1) is 20.2. The lowest BCUT2D eigenvalue weighted by molar-refractivity contribution is -0.0868. The van der Waals surface area contributed by atoms with Crippen molar-refractivity contribution in [1.29, 1.82) is 5.26 Å². The summed E-state index contributed by atoms with van der Waals surface area (Å²) in [6.07, 6.45) is -0.333. The average molecular weight is 425 g/mol. The number of rotatable bonds is 5. The summed E-state index contributed by atoms with van der Waals surface area (Å²) in [6, 6.07) is 31.1. The fourth-order valence-corrected chi connectivity index (χ4v) is 4.44. The highest BCUT2D eigenvalue weighted by Gasteiger charge is 2.46. The highest BCUT2D eigenvalue weighted by molar-refractivity contribution is 5.85. The third kappa shape index (κ3) is 3.94. The van der Waals surface area contributed by atoms with Crippen molar-refractivity contribution in [2.75, 3.05) is 0 Å². The third-order valence-corrected chi connectivity index (χ3v) is 6.11. The number of para-hydroxylation sites is 1. The smallest absolute Gasteiger partial charge is 0.249 e. The van der Waals surface area contributed by atoms with Crippen molar-refractivity contribution in [3.8, 4) is 17.6 Å². The topological polar surface area (TPSA) is 33.0 Å². The molecule has 1 aliphatic rings. The van der Waals surface area contributed by atoms with E-state index in [1.807, 2.05) is 91.0 Å². The van der Waals surface area contributed by atoms with E-state index in [2.05, 4.69) is 6.07 Å². The summed E-state index contributed by atoms with van der Waals surface area (Å²) >= 11 is 0. The van der Waals surface area contributed by atoms with Crippen LogP contribution in [-0.4, -0.2) is 5.92 Å². The molecule has 1 fully saturated rings.